The zero-order valence-corrected chi connectivity index (χ0v) is 19.0. The Morgan fingerprint density at radius 1 is 0.741 bits per heavy atom. The first kappa shape index (κ1) is 19.2. The zero-order chi connectivity index (χ0) is 18.5. The van der Waals surface area contributed by atoms with Crippen LogP contribution in [0.5, 0.6) is 0 Å². The molecule has 5 rings (SSSR count). The lowest BCUT2D eigenvalue weighted by atomic mass is 9.81. The summed E-state index contributed by atoms with van der Waals surface area (Å²) in [7, 11) is 0.278. The number of fused-ring (bicyclic) bond motifs is 5. The van der Waals surface area contributed by atoms with E-state index in [9.17, 15) is 0 Å². The van der Waals surface area contributed by atoms with Gasteiger partial charge in [-0.1, -0.05) is 55.5 Å². The molecule has 1 aliphatic heterocycles. The van der Waals surface area contributed by atoms with E-state index >= 15 is 0 Å². The highest BCUT2D eigenvalue weighted by molar-refractivity contribution is 6.50. The molecule has 27 heavy (non-hydrogen) atoms. The Hall–Kier alpha value is -1.11. The molecule has 1 saturated heterocycles. The minimum atomic E-state index is 0.0694. The van der Waals surface area contributed by atoms with Crippen LogP contribution in [0.1, 0.15) is 36.8 Å². The van der Waals surface area contributed by atoms with E-state index < -0.39 is 0 Å². The predicted molar refractivity (Wildman–Crippen MR) is 110 cm³/mol. The molecule has 1 heterocycles. The summed E-state index contributed by atoms with van der Waals surface area (Å²) in [6, 6.07) is 18.0. The quantitative estimate of drug-likeness (QED) is 0.409. The Morgan fingerprint density at radius 3 is 2.15 bits per heavy atom. The number of hydrogen-bond donors (Lipinski definition) is 0. The molecule has 2 aliphatic rings. The fourth-order valence-electron chi connectivity index (χ4n) is 3.80. The van der Waals surface area contributed by atoms with E-state index in [2.05, 4.69) is 55.5 Å². The maximum atomic E-state index is 4.82. The van der Waals surface area contributed by atoms with Crippen LogP contribution in [0.15, 0.2) is 48.5 Å². The highest BCUT2D eigenvalue weighted by atomic mass is 28.4. The van der Waals surface area contributed by atoms with Crippen LogP contribution in [0.4, 0.5) is 0 Å². The van der Waals surface area contributed by atoms with E-state index in [-0.39, 0.29) is 40.0 Å². The molecule has 0 amide bonds. The summed E-state index contributed by atoms with van der Waals surface area (Å²) in [5.41, 5.74) is 3.18. The van der Waals surface area contributed by atoms with Crippen LogP contribution in [0.3, 0.4) is 0 Å². The fraction of sp³-hybridized carbons (Fsp3) is 0.263. The van der Waals surface area contributed by atoms with E-state index in [1.54, 1.807) is 11.1 Å². The Kier molecular flexibility index (Phi) is 6.68. The van der Waals surface area contributed by atoms with Gasteiger partial charge in [0, 0.05) is 0 Å². The van der Waals surface area contributed by atoms with Gasteiger partial charge >= 0.3 is 40.0 Å². The molecular weight excluding hydrogens is 405 g/mol. The van der Waals surface area contributed by atoms with Gasteiger partial charge in [0.15, 0.2) is 0 Å². The molecule has 1 aliphatic carbocycles. The van der Waals surface area contributed by atoms with Gasteiger partial charge < -0.3 is 16.5 Å². The summed E-state index contributed by atoms with van der Waals surface area (Å²) >= 11 is 0. The average Bonchev–Trinajstić information content (AvgIpc) is 2.68. The van der Waals surface area contributed by atoms with Gasteiger partial charge in [-0.15, -0.1) is 0 Å². The van der Waals surface area contributed by atoms with Gasteiger partial charge in [0.05, 0.1) is 0 Å². The van der Waals surface area contributed by atoms with Crippen molar-refractivity contribution >= 4 is 61.6 Å². The molecule has 8 heteroatoms. The minimum absolute atomic E-state index is 0.0694. The van der Waals surface area contributed by atoms with Crippen molar-refractivity contribution in [3.05, 3.63) is 59.7 Å². The van der Waals surface area contributed by atoms with Crippen LogP contribution in [0.2, 0.25) is 0 Å². The molecule has 0 bridgehead atoms. The maximum absolute atomic E-state index is 4.82. The molecule has 1 fully saturated rings. The van der Waals surface area contributed by atoms with Gasteiger partial charge in [-0.2, -0.15) is 0 Å². The third kappa shape index (κ3) is 4.49. The second kappa shape index (κ2) is 9.39. The molecule has 4 nitrogen and oxygen atoms in total. The van der Waals surface area contributed by atoms with E-state index in [0.717, 1.165) is 5.92 Å². The van der Waals surface area contributed by atoms with Crippen LogP contribution < -0.4 is 0 Å². The number of rotatable bonds is 0. The van der Waals surface area contributed by atoms with Crippen molar-refractivity contribution in [3.8, 4) is 0 Å². The van der Waals surface area contributed by atoms with Crippen LogP contribution in [0.25, 0.3) is 21.5 Å². The summed E-state index contributed by atoms with van der Waals surface area (Å²) < 4.78 is 19.3. The number of benzene rings is 3. The summed E-state index contributed by atoms with van der Waals surface area (Å²) in [4.78, 5) is 0. The topological polar surface area (TPSA) is 36.9 Å². The van der Waals surface area contributed by atoms with Crippen LogP contribution in [-0.4, -0.2) is 40.0 Å². The van der Waals surface area contributed by atoms with Crippen molar-refractivity contribution in [2.75, 3.05) is 0 Å². The Balaban J connectivity index is 0.000000190. The largest absolute Gasteiger partial charge is 0.412 e. The molecule has 0 saturated carbocycles. The molecule has 0 N–H and O–H groups in total. The second-order valence-electron chi connectivity index (χ2n) is 6.55. The molecule has 8 radical (unpaired) electrons. The summed E-state index contributed by atoms with van der Waals surface area (Å²) in [5.74, 6) is 0.722. The SMILES string of the molecule is CC1CCCc2c1ccc1c2ccc2ccccc21.O1[Si]O[Si]O[Si]O[Si]1. The minimum Gasteiger partial charge on any atom is -0.412 e. The predicted octanol–water partition coefficient (Wildman–Crippen LogP) is 3.64. The average molecular weight is 423 g/mol. The highest BCUT2D eigenvalue weighted by Gasteiger charge is 2.18. The van der Waals surface area contributed by atoms with Crippen LogP contribution in [0, 0.1) is 0 Å². The van der Waals surface area contributed by atoms with E-state index in [1.165, 1.54) is 40.8 Å². The van der Waals surface area contributed by atoms with Crippen LogP contribution in [-0.2, 0) is 22.9 Å². The third-order valence-electron chi connectivity index (χ3n) is 5.00. The molecule has 1 atom stereocenters. The van der Waals surface area contributed by atoms with Crippen molar-refractivity contribution < 1.29 is 16.5 Å². The van der Waals surface area contributed by atoms with Gasteiger partial charge in [0.2, 0.25) is 0 Å². The van der Waals surface area contributed by atoms with Crippen LogP contribution >= 0.6 is 0 Å². The highest BCUT2D eigenvalue weighted by Crippen LogP contribution is 2.37. The van der Waals surface area contributed by atoms with Crippen molar-refractivity contribution in [2.24, 2.45) is 0 Å². The number of aryl methyl sites for hydroxylation is 1. The second-order valence-corrected chi connectivity index (χ2v) is 10.5. The first-order valence-corrected chi connectivity index (χ1v) is 12.2. The summed E-state index contributed by atoms with van der Waals surface area (Å²) in [6.45, 7) is 2.37. The van der Waals surface area contributed by atoms with Gasteiger partial charge in [-0.25, -0.2) is 0 Å². The monoisotopic (exact) mass is 422 g/mol. The first-order chi connectivity index (χ1) is 13.3. The lowest BCUT2D eigenvalue weighted by Crippen LogP contribution is -2.23. The first-order valence-electron chi connectivity index (χ1n) is 8.91. The molecule has 134 valence electrons. The van der Waals surface area contributed by atoms with Crippen molar-refractivity contribution in [2.45, 2.75) is 32.1 Å². The standard InChI is InChI=1S/C19H18.O4Si4/c1-13-5-4-8-17-15(13)11-12-18-16-7-3-2-6-14(16)9-10-19(17)18;1-5-2-7-4-8-3-6-1/h2-3,6-7,9-13H,4-5,8H2,1H3;. The molecule has 3 aromatic carbocycles. The summed E-state index contributed by atoms with van der Waals surface area (Å²) in [5, 5.41) is 5.63. The summed E-state index contributed by atoms with van der Waals surface area (Å²) in [6.07, 6.45) is 3.92. The Morgan fingerprint density at radius 2 is 1.41 bits per heavy atom. The molecule has 0 spiro atoms. The van der Waals surface area contributed by atoms with Gasteiger partial charge in [0.1, 0.15) is 0 Å². The lowest BCUT2D eigenvalue weighted by molar-refractivity contribution is 0.347. The molecule has 3 aromatic rings. The molecule has 0 aromatic heterocycles. The van der Waals surface area contributed by atoms with Crippen molar-refractivity contribution in [1.29, 1.82) is 0 Å². The van der Waals surface area contributed by atoms with Gasteiger partial charge in [-0.3, -0.25) is 0 Å². The normalized spacial score (nSPS) is 20.3. The van der Waals surface area contributed by atoms with E-state index in [1.807, 2.05) is 0 Å². The Bertz CT molecular complexity index is 897. The van der Waals surface area contributed by atoms with Crippen molar-refractivity contribution in [3.63, 3.8) is 0 Å². The smallest absolute Gasteiger partial charge is 0.412 e. The van der Waals surface area contributed by atoms with E-state index in [0.29, 0.717) is 0 Å². The van der Waals surface area contributed by atoms with Crippen molar-refractivity contribution in [1.82, 2.24) is 0 Å². The number of hydrogen-bond acceptors (Lipinski definition) is 4. The van der Waals surface area contributed by atoms with Gasteiger partial charge in [0.25, 0.3) is 0 Å². The van der Waals surface area contributed by atoms with E-state index in [4.69, 9.17) is 16.5 Å². The zero-order valence-electron chi connectivity index (χ0n) is 15.0. The fourth-order valence-corrected chi connectivity index (χ4v) is 6.51. The third-order valence-corrected chi connectivity index (χ3v) is 7.67. The maximum Gasteiger partial charge on any atom is 0.412 e. The lowest BCUT2D eigenvalue weighted by Gasteiger charge is -2.24. The molecular formula is C19H18O4Si4. The Labute approximate surface area is 169 Å². The molecule has 1 unspecified atom stereocenters. The van der Waals surface area contributed by atoms with Gasteiger partial charge in [-0.05, 0) is 57.9 Å².